The van der Waals surface area contributed by atoms with E-state index in [2.05, 4.69) is 10.3 Å². The third-order valence-electron chi connectivity index (χ3n) is 3.60. The summed E-state index contributed by atoms with van der Waals surface area (Å²) in [6.07, 6.45) is 1.64. The first kappa shape index (κ1) is 16.1. The fraction of sp³-hybridized carbons (Fsp3) is 0.500. The van der Waals surface area contributed by atoms with Crippen LogP contribution in [0.4, 0.5) is 0 Å². The zero-order valence-corrected chi connectivity index (χ0v) is 13.4. The second-order valence-electron chi connectivity index (χ2n) is 5.74. The van der Waals surface area contributed by atoms with E-state index >= 15 is 0 Å². The largest absolute Gasteiger partial charge is 0.462 e. The molecule has 0 atom stereocenters. The number of nitrogens with one attached hydrogen (secondary N) is 2. The smallest absolute Gasteiger partial charge is 0.354 e. The van der Waals surface area contributed by atoms with Gasteiger partial charge in [-0.15, -0.1) is 0 Å². The average Bonchev–Trinajstić information content (AvgIpc) is 2.85. The van der Waals surface area contributed by atoms with Crippen LogP contribution in [0.5, 0.6) is 0 Å². The van der Waals surface area contributed by atoms with Crippen molar-refractivity contribution in [3.8, 4) is 0 Å². The van der Waals surface area contributed by atoms with Crippen molar-refractivity contribution in [3.05, 3.63) is 29.2 Å². The molecule has 1 aromatic heterocycles. The van der Waals surface area contributed by atoms with Gasteiger partial charge in [0.1, 0.15) is 5.69 Å². The van der Waals surface area contributed by atoms with Crippen molar-refractivity contribution in [2.45, 2.75) is 33.1 Å². The predicted octanol–water partition coefficient (Wildman–Crippen LogP) is 1.98. The van der Waals surface area contributed by atoms with Crippen LogP contribution in [0, 0.1) is 0 Å². The molecule has 120 valence electrons. The Morgan fingerprint density at radius 3 is 2.45 bits per heavy atom. The van der Waals surface area contributed by atoms with Crippen LogP contribution in [0.2, 0.25) is 0 Å². The van der Waals surface area contributed by atoms with Crippen molar-refractivity contribution < 1.29 is 19.1 Å². The van der Waals surface area contributed by atoms with Crippen molar-refractivity contribution in [1.82, 2.24) is 10.3 Å². The number of aromatic nitrogens is 1. The topological polar surface area (TPSA) is 80.4 Å². The third-order valence-corrected chi connectivity index (χ3v) is 3.60. The number of fused-ring (bicyclic) bond motifs is 1. The van der Waals surface area contributed by atoms with Crippen LogP contribution < -0.4 is 5.32 Å². The first-order chi connectivity index (χ1) is 10.4. The molecule has 2 N–H and O–H groups in total. The van der Waals surface area contributed by atoms with Crippen LogP contribution in [0.1, 0.15) is 49.4 Å². The summed E-state index contributed by atoms with van der Waals surface area (Å²) in [6, 6.07) is 1.76. The normalized spacial score (nSPS) is 15.9. The van der Waals surface area contributed by atoms with Crippen molar-refractivity contribution in [1.29, 1.82) is 0 Å². The molecule has 2 rings (SSSR count). The zero-order valence-electron chi connectivity index (χ0n) is 13.4. The van der Waals surface area contributed by atoms with E-state index in [-0.39, 0.29) is 5.41 Å². The number of carbonyl (C=O) groups excluding carboxylic acids is 2. The molecule has 6 heteroatoms. The van der Waals surface area contributed by atoms with Crippen LogP contribution >= 0.6 is 0 Å². The first-order valence-corrected chi connectivity index (χ1v) is 7.42. The van der Waals surface area contributed by atoms with E-state index in [1.54, 1.807) is 26.1 Å². The van der Waals surface area contributed by atoms with Gasteiger partial charge in [-0.25, -0.2) is 9.59 Å². The van der Waals surface area contributed by atoms with Gasteiger partial charge < -0.3 is 19.8 Å². The summed E-state index contributed by atoms with van der Waals surface area (Å²) in [7, 11) is 0. The minimum absolute atomic E-state index is 0.249. The summed E-state index contributed by atoms with van der Waals surface area (Å²) >= 11 is 0. The molecule has 1 aliphatic rings. The van der Waals surface area contributed by atoms with Gasteiger partial charge in [0, 0.05) is 18.2 Å². The van der Waals surface area contributed by atoms with Gasteiger partial charge in [0.2, 0.25) is 0 Å². The number of aromatic amines is 1. The molecule has 0 spiro atoms. The molecule has 0 aliphatic carbocycles. The van der Waals surface area contributed by atoms with E-state index < -0.39 is 11.9 Å². The van der Waals surface area contributed by atoms with Crippen LogP contribution in [-0.4, -0.2) is 36.7 Å². The lowest BCUT2D eigenvalue weighted by molar-refractivity contribution is -0.136. The van der Waals surface area contributed by atoms with Gasteiger partial charge in [0.15, 0.2) is 0 Å². The molecule has 0 aromatic carbocycles. The maximum atomic E-state index is 12.2. The van der Waals surface area contributed by atoms with Crippen LogP contribution in [0.15, 0.2) is 12.3 Å². The van der Waals surface area contributed by atoms with Gasteiger partial charge >= 0.3 is 11.9 Å². The highest BCUT2D eigenvalue weighted by molar-refractivity contribution is 6.16. The highest BCUT2D eigenvalue weighted by atomic mass is 16.5. The molecule has 0 saturated heterocycles. The molecule has 2 heterocycles. The van der Waals surface area contributed by atoms with Crippen molar-refractivity contribution >= 4 is 17.5 Å². The molecule has 1 aromatic rings. The molecule has 0 saturated carbocycles. The molecule has 1 aliphatic heterocycles. The lowest BCUT2D eigenvalue weighted by Gasteiger charge is -2.23. The molecule has 0 unspecified atom stereocenters. The van der Waals surface area contributed by atoms with Gasteiger partial charge in [-0.2, -0.15) is 0 Å². The predicted molar refractivity (Wildman–Crippen MR) is 82.4 cm³/mol. The summed E-state index contributed by atoms with van der Waals surface area (Å²) in [5.41, 5.74) is 1.98. The van der Waals surface area contributed by atoms with E-state index in [0.717, 1.165) is 5.56 Å². The Labute approximate surface area is 129 Å². The molecule has 0 radical (unpaired) electrons. The van der Waals surface area contributed by atoms with Crippen molar-refractivity contribution in [2.24, 2.45) is 0 Å². The van der Waals surface area contributed by atoms with E-state index in [4.69, 9.17) is 9.47 Å². The molecule has 0 fully saturated rings. The second-order valence-corrected chi connectivity index (χ2v) is 5.74. The van der Waals surface area contributed by atoms with Crippen molar-refractivity contribution in [2.75, 3.05) is 19.8 Å². The zero-order chi connectivity index (χ0) is 16.3. The Morgan fingerprint density at radius 2 is 1.82 bits per heavy atom. The summed E-state index contributed by atoms with van der Waals surface area (Å²) in [5.74, 6) is -0.853. The average molecular weight is 306 g/mol. The molecule has 0 amide bonds. The Balaban J connectivity index is 2.49. The Hall–Kier alpha value is -2.24. The monoisotopic (exact) mass is 306 g/mol. The van der Waals surface area contributed by atoms with Crippen molar-refractivity contribution in [3.63, 3.8) is 0 Å². The number of rotatable bonds is 4. The van der Waals surface area contributed by atoms with Gasteiger partial charge in [0.25, 0.3) is 0 Å². The highest BCUT2D eigenvalue weighted by Gasteiger charge is 2.32. The fourth-order valence-corrected chi connectivity index (χ4v) is 2.47. The van der Waals surface area contributed by atoms with E-state index in [9.17, 15) is 9.59 Å². The minimum Gasteiger partial charge on any atom is -0.462 e. The molecule has 0 bridgehead atoms. The third kappa shape index (κ3) is 3.00. The van der Waals surface area contributed by atoms with E-state index in [1.165, 1.54) is 0 Å². The molecule has 22 heavy (non-hydrogen) atoms. The highest BCUT2D eigenvalue weighted by Crippen LogP contribution is 2.33. The van der Waals surface area contributed by atoms with Gasteiger partial charge in [-0.1, -0.05) is 13.8 Å². The molecular formula is C16H22N2O4. The van der Waals surface area contributed by atoms with E-state index in [1.807, 2.05) is 13.8 Å². The maximum absolute atomic E-state index is 12.2. The van der Waals surface area contributed by atoms with Crippen LogP contribution in [-0.2, 0) is 19.7 Å². The summed E-state index contributed by atoms with van der Waals surface area (Å²) in [5, 5.41) is 3.13. The summed E-state index contributed by atoms with van der Waals surface area (Å²) in [6.45, 7) is 8.83. The molecular weight excluding hydrogens is 284 g/mol. The van der Waals surface area contributed by atoms with Crippen LogP contribution in [0.25, 0.3) is 5.57 Å². The number of ether oxygens (including phenoxy) is 2. The van der Waals surface area contributed by atoms with Gasteiger partial charge in [0.05, 0.1) is 24.5 Å². The maximum Gasteiger partial charge on any atom is 0.354 e. The van der Waals surface area contributed by atoms with E-state index in [0.29, 0.717) is 36.7 Å². The standard InChI is InChI=1S/C16H22N2O4/c1-5-21-14(19)10-8-17-9-16(3,4)11-7-12(18-13(10)11)15(20)22-6-2/h7-8,17-18H,5-6,9H2,1-4H3. The minimum atomic E-state index is -0.428. The first-order valence-electron chi connectivity index (χ1n) is 7.42. The lowest BCUT2D eigenvalue weighted by atomic mass is 9.84. The van der Waals surface area contributed by atoms with Crippen LogP contribution in [0.3, 0.4) is 0 Å². The number of carbonyl (C=O) groups is 2. The summed E-state index contributed by atoms with van der Waals surface area (Å²) in [4.78, 5) is 27.1. The van der Waals surface area contributed by atoms with Gasteiger partial charge in [-0.3, -0.25) is 0 Å². The number of hydrogen-bond acceptors (Lipinski definition) is 5. The Bertz CT molecular complexity index is 614. The second kappa shape index (κ2) is 6.25. The fourth-order valence-electron chi connectivity index (χ4n) is 2.47. The Kier molecular flexibility index (Phi) is 4.59. The SMILES string of the molecule is CCOC(=O)C1=CNCC(C)(C)c2cc(C(=O)OCC)[nH]c21. The number of esters is 2. The molecule has 6 nitrogen and oxygen atoms in total. The summed E-state index contributed by atoms with van der Waals surface area (Å²) < 4.78 is 10.1. The number of H-pyrrole nitrogens is 1. The van der Waals surface area contributed by atoms with Gasteiger partial charge in [-0.05, 0) is 25.5 Å². The number of hydrogen-bond donors (Lipinski definition) is 2. The quantitative estimate of drug-likeness (QED) is 0.831. The Morgan fingerprint density at radius 1 is 1.18 bits per heavy atom. The lowest BCUT2D eigenvalue weighted by Crippen LogP contribution is -2.29.